The van der Waals surface area contributed by atoms with E-state index in [1.165, 1.54) is 15.8 Å². The molecule has 26 heavy (non-hydrogen) atoms. The van der Waals surface area contributed by atoms with E-state index in [-0.39, 0.29) is 5.91 Å². The molecule has 0 radical (unpaired) electrons. The van der Waals surface area contributed by atoms with Gasteiger partial charge in [0.25, 0.3) is 0 Å². The van der Waals surface area contributed by atoms with E-state index in [0.717, 1.165) is 11.3 Å². The van der Waals surface area contributed by atoms with Crippen LogP contribution < -0.4 is 0 Å². The predicted molar refractivity (Wildman–Crippen MR) is 105 cm³/mol. The van der Waals surface area contributed by atoms with Crippen molar-refractivity contribution in [1.82, 2.24) is 9.47 Å². The molecule has 1 saturated heterocycles. The zero-order valence-corrected chi connectivity index (χ0v) is 15.5. The molecule has 4 rings (SSSR count). The van der Waals surface area contributed by atoms with Crippen molar-refractivity contribution in [1.29, 1.82) is 0 Å². The Morgan fingerprint density at radius 3 is 2.54 bits per heavy atom. The standard InChI is InChI=1S/C21H22N2O2S/c24-21(22-10-12-25-13-11-22)15-23-14-20(18-8-4-5-9-19(18)23)26-16-17-6-2-1-3-7-17/h1-9,14H,10-13,15-16H2. The van der Waals surface area contributed by atoms with Crippen molar-refractivity contribution in [2.45, 2.75) is 17.2 Å². The minimum Gasteiger partial charge on any atom is -0.378 e. The number of para-hydroxylation sites is 1. The van der Waals surface area contributed by atoms with E-state index in [1.54, 1.807) is 0 Å². The number of hydrogen-bond donors (Lipinski definition) is 0. The maximum absolute atomic E-state index is 12.6. The minimum atomic E-state index is 0.161. The molecule has 1 aromatic heterocycles. The zero-order valence-electron chi connectivity index (χ0n) is 14.6. The molecule has 1 aliphatic rings. The van der Waals surface area contributed by atoms with Crippen molar-refractivity contribution in [3.05, 3.63) is 66.4 Å². The first-order valence-corrected chi connectivity index (χ1v) is 9.90. The van der Waals surface area contributed by atoms with Crippen molar-refractivity contribution in [3.8, 4) is 0 Å². The SMILES string of the molecule is O=C(Cn1cc(SCc2ccccc2)c2ccccc21)N1CCOCC1. The summed E-state index contributed by atoms with van der Waals surface area (Å²) < 4.78 is 7.43. The van der Waals surface area contributed by atoms with E-state index in [9.17, 15) is 4.79 Å². The van der Waals surface area contributed by atoms with Crippen molar-refractivity contribution < 1.29 is 9.53 Å². The lowest BCUT2D eigenvalue weighted by Crippen LogP contribution is -2.42. The van der Waals surface area contributed by atoms with Gasteiger partial charge in [-0.2, -0.15) is 0 Å². The molecule has 2 heterocycles. The van der Waals surface area contributed by atoms with Gasteiger partial charge in [0.1, 0.15) is 6.54 Å². The van der Waals surface area contributed by atoms with Gasteiger partial charge in [0.2, 0.25) is 5.91 Å². The average Bonchev–Trinajstić information content (AvgIpc) is 3.05. The lowest BCUT2D eigenvalue weighted by Gasteiger charge is -2.27. The summed E-state index contributed by atoms with van der Waals surface area (Å²) in [6, 6.07) is 18.8. The largest absolute Gasteiger partial charge is 0.378 e. The number of hydrogen-bond acceptors (Lipinski definition) is 3. The van der Waals surface area contributed by atoms with E-state index < -0.39 is 0 Å². The quantitative estimate of drug-likeness (QED) is 0.644. The molecule has 0 unspecified atom stereocenters. The van der Waals surface area contributed by atoms with Crippen LogP contribution >= 0.6 is 11.8 Å². The molecule has 1 aliphatic heterocycles. The number of aromatic nitrogens is 1. The third kappa shape index (κ3) is 3.79. The van der Waals surface area contributed by atoms with Crippen molar-refractivity contribution in [2.24, 2.45) is 0 Å². The molecule has 5 heteroatoms. The van der Waals surface area contributed by atoms with Crippen LogP contribution in [0.2, 0.25) is 0 Å². The van der Waals surface area contributed by atoms with Gasteiger partial charge >= 0.3 is 0 Å². The van der Waals surface area contributed by atoms with Crippen molar-refractivity contribution >= 4 is 28.6 Å². The maximum atomic E-state index is 12.6. The molecule has 3 aromatic rings. The third-order valence-corrected chi connectivity index (χ3v) is 5.77. The number of nitrogens with zero attached hydrogens (tertiary/aromatic N) is 2. The molecular formula is C21H22N2O2S. The Bertz CT molecular complexity index is 885. The van der Waals surface area contributed by atoms with Crippen LogP contribution in [0.3, 0.4) is 0 Å². The summed E-state index contributed by atoms with van der Waals surface area (Å²) in [5.41, 5.74) is 2.42. The fourth-order valence-electron chi connectivity index (χ4n) is 3.25. The number of morpholine rings is 1. The monoisotopic (exact) mass is 366 g/mol. The Balaban J connectivity index is 1.54. The first kappa shape index (κ1) is 17.2. The highest BCUT2D eigenvalue weighted by Crippen LogP contribution is 2.32. The van der Waals surface area contributed by atoms with E-state index in [0.29, 0.717) is 32.8 Å². The highest BCUT2D eigenvalue weighted by molar-refractivity contribution is 7.98. The van der Waals surface area contributed by atoms with Gasteiger partial charge in [0, 0.05) is 40.8 Å². The first-order chi connectivity index (χ1) is 12.8. The molecule has 0 bridgehead atoms. The second-order valence-electron chi connectivity index (χ2n) is 6.41. The molecule has 0 aliphatic carbocycles. The van der Waals surface area contributed by atoms with Gasteiger partial charge in [-0.25, -0.2) is 0 Å². The first-order valence-electron chi connectivity index (χ1n) is 8.91. The Morgan fingerprint density at radius 1 is 1.00 bits per heavy atom. The fourth-order valence-corrected chi connectivity index (χ4v) is 4.30. The van der Waals surface area contributed by atoms with Crippen LogP contribution in [-0.2, 0) is 21.8 Å². The molecule has 2 aromatic carbocycles. The van der Waals surface area contributed by atoms with E-state index in [2.05, 4.69) is 53.2 Å². The van der Waals surface area contributed by atoms with Gasteiger partial charge < -0.3 is 14.2 Å². The van der Waals surface area contributed by atoms with Gasteiger partial charge in [-0.1, -0.05) is 48.5 Å². The summed E-state index contributed by atoms with van der Waals surface area (Å²) in [5, 5.41) is 1.21. The van der Waals surface area contributed by atoms with Crippen molar-refractivity contribution in [3.63, 3.8) is 0 Å². The molecule has 1 fully saturated rings. The Labute approximate surface area is 157 Å². The number of rotatable bonds is 5. The molecular weight excluding hydrogens is 344 g/mol. The molecule has 0 spiro atoms. The highest BCUT2D eigenvalue weighted by Gasteiger charge is 2.18. The molecule has 134 valence electrons. The smallest absolute Gasteiger partial charge is 0.242 e. The molecule has 1 amide bonds. The van der Waals surface area contributed by atoms with Gasteiger partial charge in [0.15, 0.2) is 0 Å². The van der Waals surface area contributed by atoms with E-state index >= 15 is 0 Å². The van der Waals surface area contributed by atoms with Crippen LogP contribution in [0.25, 0.3) is 10.9 Å². The number of carbonyl (C=O) groups excluding carboxylic acids is 1. The van der Waals surface area contributed by atoms with Gasteiger partial charge in [-0.05, 0) is 11.6 Å². The fraction of sp³-hybridized carbons (Fsp3) is 0.286. The van der Waals surface area contributed by atoms with Crippen LogP contribution in [0.4, 0.5) is 0 Å². The number of ether oxygens (including phenoxy) is 1. The Kier molecular flexibility index (Phi) is 5.27. The number of carbonyl (C=O) groups is 1. The van der Waals surface area contributed by atoms with Gasteiger partial charge in [0.05, 0.1) is 13.2 Å². The average molecular weight is 366 g/mol. The minimum absolute atomic E-state index is 0.161. The zero-order chi connectivity index (χ0) is 17.8. The van der Waals surface area contributed by atoms with Crippen molar-refractivity contribution in [2.75, 3.05) is 26.3 Å². The summed E-state index contributed by atoms with van der Waals surface area (Å²) in [7, 11) is 0. The Morgan fingerprint density at radius 2 is 1.73 bits per heavy atom. The van der Waals surface area contributed by atoms with E-state index in [4.69, 9.17) is 4.74 Å². The predicted octanol–water partition coefficient (Wildman–Crippen LogP) is 3.79. The number of thioether (sulfide) groups is 1. The van der Waals surface area contributed by atoms with Crippen LogP contribution in [0.1, 0.15) is 5.56 Å². The summed E-state index contributed by atoms with van der Waals surface area (Å²) in [5.74, 6) is 1.08. The molecule has 0 saturated carbocycles. The summed E-state index contributed by atoms with van der Waals surface area (Å²) in [6.45, 7) is 3.03. The summed E-state index contributed by atoms with van der Waals surface area (Å²) in [4.78, 5) is 15.8. The highest BCUT2D eigenvalue weighted by atomic mass is 32.2. The topological polar surface area (TPSA) is 34.5 Å². The van der Waals surface area contributed by atoms with Gasteiger partial charge in [-0.3, -0.25) is 4.79 Å². The van der Waals surface area contributed by atoms with Gasteiger partial charge in [-0.15, -0.1) is 11.8 Å². The summed E-state index contributed by atoms with van der Waals surface area (Å²) in [6.07, 6.45) is 2.12. The number of fused-ring (bicyclic) bond motifs is 1. The lowest BCUT2D eigenvalue weighted by molar-refractivity contribution is -0.135. The normalized spacial score (nSPS) is 14.7. The second kappa shape index (κ2) is 7.98. The number of amides is 1. The molecule has 4 nitrogen and oxygen atoms in total. The number of benzene rings is 2. The van der Waals surface area contributed by atoms with Crippen LogP contribution in [0.15, 0.2) is 65.7 Å². The summed E-state index contributed by atoms with van der Waals surface area (Å²) >= 11 is 1.82. The molecule has 0 atom stereocenters. The Hall–Kier alpha value is -2.24. The van der Waals surface area contributed by atoms with Crippen LogP contribution in [0, 0.1) is 0 Å². The third-order valence-electron chi connectivity index (χ3n) is 4.66. The van der Waals surface area contributed by atoms with Crippen LogP contribution in [0.5, 0.6) is 0 Å². The lowest BCUT2D eigenvalue weighted by atomic mass is 10.2. The van der Waals surface area contributed by atoms with E-state index in [1.807, 2.05) is 28.8 Å². The second-order valence-corrected chi connectivity index (χ2v) is 7.42. The van der Waals surface area contributed by atoms with Crippen LogP contribution in [-0.4, -0.2) is 41.7 Å². The molecule has 0 N–H and O–H groups in total. The maximum Gasteiger partial charge on any atom is 0.242 e.